The van der Waals surface area contributed by atoms with Gasteiger partial charge in [0.25, 0.3) is 0 Å². The predicted molar refractivity (Wildman–Crippen MR) is 51.9 cm³/mol. The molecule has 14 heavy (non-hydrogen) atoms. The van der Waals surface area contributed by atoms with Crippen LogP contribution in [0.4, 0.5) is 0 Å². The molecule has 0 atom stereocenters. The molecule has 0 saturated heterocycles. The van der Waals surface area contributed by atoms with E-state index in [0.717, 1.165) is 5.56 Å². The van der Waals surface area contributed by atoms with Gasteiger partial charge in [-0.3, -0.25) is 4.79 Å². The molecule has 1 aromatic heterocycles. The van der Waals surface area contributed by atoms with Gasteiger partial charge in [-0.25, -0.2) is 4.98 Å². The molecule has 3 nitrogen and oxygen atoms in total. The molecule has 0 fully saturated rings. The van der Waals surface area contributed by atoms with Gasteiger partial charge in [0, 0.05) is 12.5 Å². The lowest BCUT2D eigenvalue weighted by Gasteiger charge is -1.96. The van der Waals surface area contributed by atoms with E-state index >= 15 is 0 Å². The molecule has 2 aromatic rings. The average Bonchev–Trinajstić information content (AvgIpc) is 2.67. The zero-order valence-corrected chi connectivity index (χ0v) is 7.73. The maximum atomic E-state index is 11.2. The van der Waals surface area contributed by atoms with Crippen LogP contribution in [0.15, 0.2) is 41.1 Å². The highest BCUT2D eigenvalue weighted by Crippen LogP contribution is 2.21. The molecule has 0 unspecified atom stereocenters. The summed E-state index contributed by atoms with van der Waals surface area (Å²) in [5.74, 6) is 0.206. The van der Waals surface area contributed by atoms with E-state index < -0.39 is 0 Å². The maximum absolute atomic E-state index is 11.2. The Hall–Kier alpha value is -1.90. The Balaban J connectivity index is 2.52. The summed E-state index contributed by atoms with van der Waals surface area (Å²) in [5.41, 5.74) is 1.50. The quantitative estimate of drug-likeness (QED) is 0.678. The first kappa shape index (κ1) is 8.69. The summed E-state index contributed by atoms with van der Waals surface area (Å²) in [4.78, 5) is 15.2. The normalized spacial score (nSPS) is 10.1. The van der Waals surface area contributed by atoms with Crippen LogP contribution in [0.3, 0.4) is 0 Å². The van der Waals surface area contributed by atoms with E-state index in [-0.39, 0.29) is 5.78 Å². The average molecular weight is 187 g/mol. The van der Waals surface area contributed by atoms with Crippen molar-refractivity contribution in [1.82, 2.24) is 4.98 Å². The van der Waals surface area contributed by atoms with Gasteiger partial charge < -0.3 is 4.42 Å². The van der Waals surface area contributed by atoms with E-state index in [9.17, 15) is 4.79 Å². The van der Waals surface area contributed by atoms with Gasteiger partial charge in [0.1, 0.15) is 5.69 Å². The van der Waals surface area contributed by atoms with Crippen molar-refractivity contribution < 1.29 is 9.21 Å². The zero-order valence-electron chi connectivity index (χ0n) is 7.73. The smallest absolute Gasteiger partial charge is 0.197 e. The Bertz CT molecular complexity index is 445. The fourth-order valence-corrected chi connectivity index (χ4v) is 1.30. The van der Waals surface area contributed by atoms with Crippen molar-refractivity contribution in [2.24, 2.45) is 0 Å². The molecule has 0 amide bonds. The number of oxazole rings is 1. The summed E-state index contributed by atoms with van der Waals surface area (Å²) in [6, 6.07) is 9.49. The Morgan fingerprint density at radius 2 is 2.00 bits per heavy atom. The van der Waals surface area contributed by atoms with Crippen molar-refractivity contribution in [3.8, 4) is 11.3 Å². The number of benzene rings is 1. The second-order valence-corrected chi connectivity index (χ2v) is 2.95. The summed E-state index contributed by atoms with van der Waals surface area (Å²) in [5, 5.41) is 0. The third-order valence-corrected chi connectivity index (χ3v) is 1.93. The molecule has 0 aliphatic rings. The molecular formula is C11H9NO2. The number of carbonyl (C=O) groups excluding carboxylic acids is 1. The third kappa shape index (κ3) is 1.44. The second kappa shape index (κ2) is 3.46. The van der Waals surface area contributed by atoms with Crippen LogP contribution < -0.4 is 0 Å². The summed E-state index contributed by atoms with van der Waals surface area (Å²) in [6.45, 7) is 1.47. The van der Waals surface area contributed by atoms with Crippen LogP contribution in [0, 0.1) is 0 Å². The lowest BCUT2D eigenvalue weighted by molar-refractivity contribution is 0.0988. The number of rotatable bonds is 2. The van der Waals surface area contributed by atoms with E-state index in [1.807, 2.05) is 30.3 Å². The van der Waals surface area contributed by atoms with Gasteiger partial charge in [0.15, 0.2) is 17.9 Å². The highest BCUT2D eigenvalue weighted by atomic mass is 16.3. The van der Waals surface area contributed by atoms with Crippen molar-refractivity contribution in [1.29, 1.82) is 0 Å². The van der Waals surface area contributed by atoms with E-state index in [4.69, 9.17) is 4.42 Å². The largest absolute Gasteiger partial charge is 0.440 e. The number of ketones is 1. The minimum absolute atomic E-state index is 0.110. The van der Waals surface area contributed by atoms with E-state index in [0.29, 0.717) is 11.5 Å². The maximum Gasteiger partial charge on any atom is 0.197 e. The van der Waals surface area contributed by atoms with Crippen LogP contribution in [0.2, 0.25) is 0 Å². The third-order valence-electron chi connectivity index (χ3n) is 1.93. The molecular weight excluding hydrogens is 178 g/mol. The summed E-state index contributed by atoms with van der Waals surface area (Å²) in [6.07, 6.45) is 1.29. The van der Waals surface area contributed by atoms with Crippen LogP contribution in [-0.4, -0.2) is 10.8 Å². The molecule has 0 spiro atoms. The van der Waals surface area contributed by atoms with Crippen LogP contribution in [0.5, 0.6) is 0 Å². The lowest BCUT2D eigenvalue weighted by atomic mass is 10.1. The predicted octanol–water partition coefficient (Wildman–Crippen LogP) is 2.54. The fourth-order valence-electron chi connectivity index (χ4n) is 1.30. The molecule has 1 aromatic carbocycles. The highest BCUT2D eigenvalue weighted by Gasteiger charge is 2.13. The number of hydrogen-bond donors (Lipinski definition) is 0. The Kier molecular flexibility index (Phi) is 2.14. The van der Waals surface area contributed by atoms with Gasteiger partial charge in [0.2, 0.25) is 0 Å². The molecule has 1 heterocycles. The minimum atomic E-state index is -0.110. The topological polar surface area (TPSA) is 43.1 Å². The Morgan fingerprint density at radius 1 is 1.29 bits per heavy atom. The van der Waals surface area contributed by atoms with Crippen molar-refractivity contribution in [2.75, 3.05) is 0 Å². The zero-order chi connectivity index (χ0) is 9.97. The van der Waals surface area contributed by atoms with Crippen molar-refractivity contribution >= 4 is 5.78 Å². The SMILES string of the molecule is CC(=O)c1ocnc1-c1ccccc1. The van der Waals surface area contributed by atoms with Crippen LogP contribution in [0.1, 0.15) is 17.5 Å². The standard InChI is InChI=1S/C11H9NO2/c1-8(13)11-10(12-7-14-11)9-5-3-2-4-6-9/h2-7H,1H3. The number of Topliss-reactive ketones (excluding diaryl/α,β-unsaturated/α-hetero) is 1. The first-order valence-electron chi connectivity index (χ1n) is 4.29. The van der Waals surface area contributed by atoms with Crippen molar-refractivity contribution in [3.05, 3.63) is 42.5 Å². The molecule has 3 heteroatoms. The Labute approximate surface area is 81.4 Å². The molecule has 0 saturated carbocycles. The van der Waals surface area contributed by atoms with Gasteiger partial charge in [-0.05, 0) is 0 Å². The van der Waals surface area contributed by atoms with Gasteiger partial charge in [-0.1, -0.05) is 30.3 Å². The first-order chi connectivity index (χ1) is 6.79. The molecule has 70 valence electrons. The van der Waals surface area contributed by atoms with Crippen LogP contribution in [-0.2, 0) is 0 Å². The van der Waals surface area contributed by atoms with Crippen molar-refractivity contribution in [3.63, 3.8) is 0 Å². The molecule has 2 rings (SSSR count). The molecule has 0 N–H and O–H groups in total. The highest BCUT2D eigenvalue weighted by molar-refractivity contribution is 5.96. The van der Waals surface area contributed by atoms with Gasteiger partial charge in [-0.2, -0.15) is 0 Å². The lowest BCUT2D eigenvalue weighted by Crippen LogP contribution is -1.92. The van der Waals surface area contributed by atoms with Crippen LogP contribution in [0.25, 0.3) is 11.3 Å². The summed E-state index contributed by atoms with van der Waals surface area (Å²) >= 11 is 0. The van der Waals surface area contributed by atoms with Crippen LogP contribution >= 0.6 is 0 Å². The number of aromatic nitrogens is 1. The number of hydrogen-bond acceptors (Lipinski definition) is 3. The molecule has 0 aliphatic heterocycles. The fraction of sp³-hybridized carbons (Fsp3) is 0.0909. The minimum Gasteiger partial charge on any atom is -0.440 e. The number of nitrogens with zero attached hydrogens (tertiary/aromatic N) is 1. The van der Waals surface area contributed by atoms with Gasteiger partial charge >= 0.3 is 0 Å². The van der Waals surface area contributed by atoms with E-state index in [2.05, 4.69) is 4.98 Å². The van der Waals surface area contributed by atoms with Gasteiger partial charge in [0.05, 0.1) is 0 Å². The summed E-state index contributed by atoms with van der Waals surface area (Å²) < 4.78 is 5.02. The van der Waals surface area contributed by atoms with Crippen molar-refractivity contribution in [2.45, 2.75) is 6.92 Å². The molecule has 0 radical (unpaired) electrons. The molecule has 0 aliphatic carbocycles. The Morgan fingerprint density at radius 3 is 2.64 bits per heavy atom. The van der Waals surface area contributed by atoms with E-state index in [1.54, 1.807) is 0 Å². The van der Waals surface area contributed by atoms with E-state index in [1.165, 1.54) is 13.3 Å². The number of carbonyl (C=O) groups is 1. The summed E-state index contributed by atoms with van der Waals surface area (Å²) in [7, 11) is 0. The first-order valence-corrected chi connectivity index (χ1v) is 4.29. The molecule has 0 bridgehead atoms. The second-order valence-electron chi connectivity index (χ2n) is 2.95. The monoisotopic (exact) mass is 187 g/mol. The van der Waals surface area contributed by atoms with Gasteiger partial charge in [-0.15, -0.1) is 0 Å².